The van der Waals surface area contributed by atoms with Crippen molar-refractivity contribution in [1.82, 2.24) is 0 Å². The molecule has 1 amide bonds. The molecule has 0 aliphatic carbocycles. The van der Waals surface area contributed by atoms with Crippen molar-refractivity contribution in [3.8, 4) is 0 Å². The van der Waals surface area contributed by atoms with E-state index in [0.717, 1.165) is 6.92 Å². The van der Waals surface area contributed by atoms with Gasteiger partial charge < -0.3 is 21.1 Å². The molecule has 0 radical (unpaired) electrons. The molecule has 0 saturated carbocycles. The molecule has 0 aromatic rings. The van der Waals surface area contributed by atoms with Crippen molar-refractivity contribution in [2.75, 3.05) is 0 Å². The fourth-order valence-corrected chi connectivity index (χ4v) is 0.433. The Bertz CT molecular complexity index is 185. The van der Waals surface area contributed by atoms with Crippen LogP contribution in [0.2, 0.25) is 0 Å². The summed E-state index contributed by atoms with van der Waals surface area (Å²) in [6.45, 7) is 4.12. The van der Waals surface area contributed by atoms with Crippen molar-refractivity contribution < 1.29 is 20.1 Å². The Labute approximate surface area is 63.8 Å². The fraction of sp³-hybridized carbons (Fsp3) is 0.500. The summed E-state index contributed by atoms with van der Waals surface area (Å²) < 4.78 is 0. The van der Waals surface area contributed by atoms with Crippen LogP contribution in [0.5, 0.6) is 0 Å². The van der Waals surface area contributed by atoms with Gasteiger partial charge in [-0.3, -0.25) is 4.79 Å². The van der Waals surface area contributed by atoms with Crippen LogP contribution in [0.4, 0.5) is 0 Å². The number of nitrogens with two attached hydrogens (primary N) is 1. The lowest BCUT2D eigenvalue weighted by atomic mass is 10.0. The molecule has 5 N–H and O–H groups in total. The molecule has 1 atom stereocenters. The molecule has 0 spiro atoms. The van der Waals surface area contributed by atoms with E-state index in [4.69, 9.17) is 21.1 Å². The van der Waals surface area contributed by atoms with Crippen LogP contribution in [0.15, 0.2) is 12.2 Å². The SMILES string of the molecule is C=C(C(N)=O)C(O)(O)C(C)O. The lowest BCUT2D eigenvalue weighted by Gasteiger charge is -2.24. The number of carbonyl (C=O) groups excluding carboxylic acids is 1. The Morgan fingerprint density at radius 2 is 2.00 bits per heavy atom. The highest BCUT2D eigenvalue weighted by atomic mass is 16.5. The number of hydrogen-bond acceptors (Lipinski definition) is 4. The predicted molar refractivity (Wildman–Crippen MR) is 37.2 cm³/mol. The maximum absolute atomic E-state index is 10.3. The summed E-state index contributed by atoms with van der Waals surface area (Å²) in [6, 6.07) is 0. The van der Waals surface area contributed by atoms with Crippen LogP contribution in [0.1, 0.15) is 6.92 Å². The molecular weight excluding hydrogens is 150 g/mol. The molecule has 0 bridgehead atoms. The molecule has 0 aliphatic heterocycles. The van der Waals surface area contributed by atoms with Gasteiger partial charge in [0.05, 0.1) is 5.57 Å². The van der Waals surface area contributed by atoms with Crippen molar-refractivity contribution in [3.63, 3.8) is 0 Å². The summed E-state index contributed by atoms with van der Waals surface area (Å²) >= 11 is 0. The van der Waals surface area contributed by atoms with Gasteiger partial charge in [0.15, 0.2) is 0 Å². The Morgan fingerprint density at radius 3 is 2.09 bits per heavy atom. The van der Waals surface area contributed by atoms with Crippen molar-refractivity contribution in [1.29, 1.82) is 0 Å². The molecule has 5 nitrogen and oxygen atoms in total. The van der Waals surface area contributed by atoms with E-state index in [1.165, 1.54) is 0 Å². The quantitative estimate of drug-likeness (QED) is 0.286. The van der Waals surface area contributed by atoms with Crippen LogP contribution in [0, 0.1) is 0 Å². The third-order valence-corrected chi connectivity index (χ3v) is 1.32. The molecule has 11 heavy (non-hydrogen) atoms. The highest BCUT2D eigenvalue weighted by molar-refractivity contribution is 5.92. The molecular formula is C6H11NO4. The number of primary amides is 1. The van der Waals surface area contributed by atoms with E-state index in [9.17, 15) is 4.79 Å². The molecule has 0 heterocycles. The van der Waals surface area contributed by atoms with E-state index in [1.807, 2.05) is 0 Å². The van der Waals surface area contributed by atoms with Gasteiger partial charge in [0.2, 0.25) is 11.7 Å². The predicted octanol–water partition coefficient (Wildman–Crippen LogP) is -1.91. The van der Waals surface area contributed by atoms with Crippen molar-refractivity contribution >= 4 is 5.91 Å². The van der Waals surface area contributed by atoms with E-state index < -0.39 is 23.4 Å². The standard InChI is InChI=1S/C6H11NO4/c1-3(5(7)9)6(10,11)4(2)8/h4,8,10-11H,1H2,2H3,(H2,7,9). The molecule has 1 unspecified atom stereocenters. The smallest absolute Gasteiger partial charge is 0.249 e. The molecule has 0 aliphatic rings. The largest absolute Gasteiger partial charge is 0.387 e. The monoisotopic (exact) mass is 161 g/mol. The lowest BCUT2D eigenvalue weighted by molar-refractivity contribution is -0.192. The minimum absolute atomic E-state index is 0.632. The second kappa shape index (κ2) is 3.00. The van der Waals surface area contributed by atoms with Gasteiger partial charge in [-0.1, -0.05) is 6.58 Å². The number of aliphatic hydroxyl groups excluding tert-OH is 1. The molecule has 0 rings (SSSR count). The lowest BCUT2D eigenvalue weighted by Crippen LogP contribution is -2.45. The third kappa shape index (κ3) is 2.01. The maximum Gasteiger partial charge on any atom is 0.249 e. The number of aliphatic hydroxyl groups is 3. The summed E-state index contributed by atoms with van der Waals surface area (Å²) in [5.74, 6) is -3.69. The normalized spacial score (nSPS) is 14.2. The van der Waals surface area contributed by atoms with Gasteiger partial charge in [-0.25, -0.2) is 0 Å². The molecule has 0 aromatic heterocycles. The Balaban J connectivity index is 4.56. The van der Waals surface area contributed by atoms with Crippen LogP contribution in [0.25, 0.3) is 0 Å². The van der Waals surface area contributed by atoms with Crippen LogP contribution in [0.3, 0.4) is 0 Å². The minimum atomic E-state index is -2.63. The Kier molecular flexibility index (Phi) is 2.75. The van der Waals surface area contributed by atoms with Gasteiger partial charge in [-0.2, -0.15) is 0 Å². The summed E-state index contributed by atoms with van der Waals surface area (Å²) in [4.78, 5) is 10.3. The van der Waals surface area contributed by atoms with Gasteiger partial charge in [0.1, 0.15) is 6.10 Å². The first-order chi connectivity index (χ1) is 4.80. The van der Waals surface area contributed by atoms with E-state index in [0.29, 0.717) is 0 Å². The molecule has 5 heteroatoms. The molecule has 0 saturated heterocycles. The van der Waals surface area contributed by atoms with Crippen LogP contribution < -0.4 is 5.73 Å². The van der Waals surface area contributed by atoms with Gasteiger partial charge in [-0.15, -0.1) is 0 Å². The van der Waals surface area contributed by atoms with Gasteiger partial charge in [-0.05, 0) is 6.92 Å². The second-order valence-corrected chi connectivity index (χ2v) is 2.24. The van der Waals surface area contributed by atoms with Crippen LogP contribution >= 0.6 is 0 Å². The summed E-state index contributed by atoms with van der Waals surface area (Å²) in [5, 5.41) is 26.6. The van der Waals surface area contributed by atoms with Crippen molar-refractivity contribution in [2.45, 2.75) is 18.8 Å². The first kappa shape index (κ1) is 10.1. The van der Waals surface area contributed by atoms with Crippen molar-refractivity contribution in [3.05, 3.63) is 12.2 Å². The number of rotatable bonds is 3. The van der Waals surface area contributed by atoms with Gasteiger partial charge >= 0.3 is 0 Å². The molecule has 64 valence electrons. The highest BCUT2D eigenvalue weighted by Crippen LogP contribution is 2.15. The minimum Gasteiger partial charge on any atom is -0.387 e. The van der Waals surface area contributed by atoms with Crippen LogP contribution in [-0.2, 0) is 4.79 Å². The van der Waals surface area contributed by atoms with Gasteiger partial charge in [0.25, 0.3) is 0 Å². The maximum atomic E-state index is 10.3. The summed E-state index contributed by atoms with van der Waals surface area (Å²) in [6.07, 6.45) is -1.51. The van der Waals surface area contributed by atoms with E-state index >= 15 is 0 Å². The molecule has 0 fully saturated rings. The van der Waals surface area contributed by atoms with Crippen molar-refractivity contribution in [2.24, 2.45) is 5.73 Å². The zero-order valence-corrected chi connectivity index (χ0v) is 6.11. The van der Waals surface area contributed by atoms with E-state index in [-0.39, 0.29) is 0 Å². The average molecular weight is 161 g/mol. The first-order valence-electron chi connectivity index (χ1n) is 2.92. The Hall–Kier alpha value is -0.910. The van der Waals surface area contributed by atoms with Gasteiger partial charge in [0, 0.05) is 0 Å². The number of amides is 1. The fourth-order valence-electron chi connectivity index (χ4n) is 0.433. The Morgan fingerprint density at radius 1 is 1.64 bits per heavy atom. The topological polar surface area (TPSA) is 104 Å². The highest BCUT2D eigenvalue weighted by Gasteiger charge is 2.35. The number of carbonyl (C=O) groups is 1. The molecule has 0 aromatic carbocycles. The summed E-state index contributed by atoms with van der Waals surface area (Å²) in [7, 11) is 0. The zero-order valence-electron chi connectivity index (χ0n) is 6.11. The average Bonchev–Trinajstić information content (AvgIpc) is 1.85. The zero-order chi connectivity index (χ0) is 9.23. The van der Waals surface area contributed by atoms with Crippen LogP contribution in [-0.4, -0.2) is 33.1 Å². The van der Waals surface area contributed by atoms with E-state index in [1.54, 1.807) is 0 Å². The van der Waals surface area contributed by atoms with E-state index in [2.05, 4.69) is 6.58 Å². The third-order valence-electron chi connectivity index (χ3n) is 1.32. The second-order valence-electron chi connectivity index (χ2n) is 2.24. The summed E-state index contributed by atoms with van der Waals surface area (Å²) in [5.41, 5.74) is 4.06. The number of hydrogen-bond donors (Lipinski definition) is 4. The first-order valence-corrected chi connectivity index (χ1v) is 2.92.